The Morgan fingerprint density at radius 1 is 1.25 bits per heavy atom. The number of hydrogen-bond donors (Lipinski definition) is 1. The van der Waals surface area contributed by atoms with Crippen molar-refractivity contribution in [2.24, 2.45) is 0 Å². The van der Waals surface area contributed by atoms with E-state index in [1.165, 1.54) is 10.8 Å². The molecule has 3 heterocycles. The van der Waals surface area contributed by atoms with Gasteiger partial charge in [0.15, 0.2) is 5.69 Å². The molecule has 0 aliphatic carbocycles. The number of nitrogens with zero attached hydrogens (tertiary/aromatic N) is 6. The van der Waals surface area contributed by atoms with Gasteiger partial charge < -0.3 is 10.2 Å². The Hall–Kier alpha value is -1.94. The van der Waals surface area contributed by atoms with Gasteiger partial charge in [-0.25, -0.2) is 4.98 Å². The summed E-state index contributed by atoms with van der Waals surface area (Å²) in [4.78, 5) is 11.8. The Morgan fingerprint density at radius 3 is 2.62 bits per heavy atom. The smallest absolute Gasteiger partial charge is 0.368 e. The van der Waals surface area contributed by atoms with E-state index in [0.29, 0.717) is 6.54 Å². The fourth-order valence-electron chi connectivity index (χ4n) is 2.73. The zero-order chi connectivity index (χ0) is 17.3. The second kappa shape index (κ2) is 6.52. The van der Waals surface area contributed by atoms with E-state index in [1.807, 2.05) is 0 Å². The van der Waals surface area contributed by atoms with Gasteiger partial charge in [0.25, 0.3) is 5.78 Å². The van der Waals surface area contributed by atoms with Crippen molar-refractivity contribution in [3.8, 4) is 0 Å². The molecule has 1 saturated heterocycles. The maximum Gasteiger partial charge on any atom is 0.433 e. The molecule has 132 valence electrons. The van der Waals surface area contributed by atoms with Crippen molar-refractivity contribution in [2.75, 3.05) is 45.1 Å². The maximum absolute atomic E-state index is 13.0. The predicted molar refractivity (Wildman–Crippen MR) is 82.8 cm³/mol. The Labute approximate surface area is 137 Å². The first-order chi connectivity index (χ1) is 11.3. The molecule has 0 aromatic carbocycles. The van der Waals surface area contributed by atoms with Crippen LogP contribution in [0.4, 0.5) is 19.0 Å². The van der Waals surface area contributed by atoms with Gasteiger partial charge in [-0.3, -0.25) is 4.90 Å². The van der Waals surface area contributed by atoms with Crippen LogP contribution >= 0.6 is 0 Å². The second-order valence-electron chi connectivity index (χ2n) is 6.07. The summed E-state index contributed by atoms with van der Waals surface area (Å²) in [5.74, 6) is 0.172. The summed E-state index contributed by atoms with van der Waals surface area (Å²) < 4.78 is 40.2. The molecule has 3 rings (SSSR count). The first kappa shape index (κ1) is 16.9. The van der Waals surface area contributed by atoms with Gasteiger partial charge in [0, 0.05) is 44.8 Å². The highest BCUT2D eigenvalue weighted by molar-refractivity contribution is 5.45. The zero-order valence-electron chi connectivity index (χ0n) is 13.6. The highest BCUT2D eigenvalue weighted by Crippen LogP contribution is 2.29. The van der Waals surface area contributed by atoms with E-state index in [1.54, 1.807) is 0 Å². The van der Waals surface area contributed by atoms with Gasteiger partial charge in [-0.05, 0) is 14.0 Å². The summed E-state index contributed by atoms with van der Waals surface area (Å²) in [6.07, 6.45) is -3.33. The Bertz CT molecular complexity index is 691. The Morgan fingerprint density at radius 2 is 1.96 bits per heavy atom. The molecular weight excluding hydrogens is 323 g/mol. The number of halogens is 3. The topological polar surface area (TPSA) is 61.6 Å². The van der Waals surface area contributed by atoms with E-state index in [0.717, 1.165) is 32.2 Å². The van der Waals surface area contributed by atoms with Gasteiger partial charge in [-0.1, -0.05) is 0 Å². The number of hydrogen-bond acceptors (Lipinski definition) is 6. The zero-order valence-corrected chi connectivity index (χ0v) is 13.6. The summed E-state index contributed by atoms with van der Waals surface area (Å²) in [7, 11) is 2.08. The van der Waals surface area contributed by atoms with Crippen LogP contribution in [0.3, 0.4) is 0 Å². The molecule has 1 aliphatic rings. The fraction of sp³-hybridized carbons (Fsp3) is 0.643. The van der Waals surface area contributed by atoms with Crippen LogP contribution in [0.25, 0.3) is 5.78 Å². The summed E-state index contributed by atoms with van der Waals surface area (Å²) >= 11 is 0. The number of aromatic nitrogens is 4. The van der Waals surface area contributed by atoms with Gasteiger partial charge in [0.2, 0.25) is 0 Å². The Kier molecular flexibility index (Phi) is 4.59. The monoisotopic (exact) mass is 343 g/mol. The molecule has 2 aromatic rings. The lowest BCUT2D eigenvalue weighted by molar-refractivity contribution is -0.141. The van der Waals surface area contributed by atoms with Crippen LogP contribution in [0.1, 0.15) is 12.6 Å². The third-order valence-electron chi connectivity index (χ3n) is 4.28. The summed E-state index contributed by atoms with van der Waals surface area (Å²) in [6.45, 7) is 6.45. The van der Waals surface area contributed by atoms with Crippen LogP contribution in [0, 0.1) is 0 Å². The molecule has 1 N–H and O–H groups in total. The molecule has 10 heteroatoms. The maximum atomic E-state index is 13.0. The van der Waals surface area contributed by atoms with E-state index >= 15 is 0 Å². The molecule has 1 unspecified atom stereocenters. The molecule has 0 radical (unpaired) electrons. The van der Waals surface area contributed by atoms with E-state index in [4.69, 9.17) is 0 Å². The molecule has 0 saturated carbocycles. The molecular formula is C14H20F3N7. The molecule has 2 aromatic heterocycles. The molecule has 1 fully saturated rings. The number of rotatable bonds is 4. The van der Waals surface area contributed by atoms with Gasteiger partial charge >= 0.3 is 6.18 Å². The summed E-state index contributed by atoms with van der Waals surface area (Å²) in [5.41, 5.74) is -0.974. The van der Waals surface area contributed by atoms with E-state index in [9.17, 15) is 13.2 Å². The number of piperazine rings is 1. The number of alkyl halides is 3. The lowest BCUT2D eigenvalue weighted by Crippen LogP contribution is -2.50. The van der Waals surface area contributed by atoms with Crippen LogP contribution in [-0.2, 0) is 6.18 Å². The molecule has 1 atom stereocenters. The van der Waals surface area contributed by atoms with Crippen molar-refractivity contribution < 1.29 is 13.2 Å². The van der Waals surface area contributed by atoms with Crippen LogP contribution in [0.5, 0.6) is 0 Å². The predicted octanol–water partition coefficient (Wildman–Crippen LogP) is 1.19. The number of likely N-dealkylation sites (N-methyl/N-ethyl adjacent to an activating group) is 1. The van der Waals surface area contributed by atoms with Crippen LogP contribution in [0.2, 0.25) is 0 Å². The molecule has 0 bridgehead atoms. The van der Waals surface area contributed by atoms with Crippen molar-refractivity contribution in [3.05, 3.63) is 18.1 Å². The van der Waals surface area contributed by atoms with Crippen molar-refractivity contribution in [2.45, 2.75) is 19.1 Å². The highest BCUT2D eigenvalue weighted by Gasteiger charge is 2.34. The van der Waals surface area contributed by atoms with E-state index in [2.05, 4.69) is 44.2 Å². The SMILES string of the molecule is CC(CNc1cc(C(F)(F)F)nc2ncnn12)N1CCN(C)CC1. The lowest BCUT2D eigenvalue weighted by Gasteiger charge is -2.36. The van der Waals surface area contributed by atoms with Crippen LogP contribution < -0.4 is 5.32 Å². The normalized spacial score (nSPS) is 18.9. The average molecular weight is 343 g/mol. The van der Waals surface area contributed by atoms with Crippen molar-refractivity contribution >= 4 is 11.6 Å². The third-order valence-corrected chi connectivity index (χ3v) is 4.28. The van der Waals surface area contributed by atoms with Gasteiger partial charge in [-0.15, -0.1) is 0 Å². The van der Waals surface area contributed by atoms with Crippen molar-refractivity contribution in [3.63, 3.8) is 0 Å². The minimum Gasteiger partial charge on any atom is -0.368 e. The van der Waals surface area contributed by atoms with Gasteiger partial charge in [-0.2, -0.15) is 27.8 Å². The van der Waals surface area contributed by atoms with Crippen molar-refractivity contribution in [1.82, 2.24) is 29.4 Å². The number of nitrogens with one attached hydrogen (secondary N) is 1. The number of anilines is 1. The van der Waals surface area contributed by atoms with Crippen LogP contribution in [0.15, 0.2) is 12.4 Å². The van der Waals surface area contributed by atoms with E-state index in [-0.39, 0.29) is 17.6 Å². The largest absolute Gasteiger partial charge is 0.433 e. The average Bonchev–Trinajstić information content (AvgIpc) is 3.00. The fourth-order valence-corrected chi connectivity index (χ4v) is 2.73. The highest BCUT2D eigenvalue weighted by atomic mass is 19.4. The molecule has 7 nitrogen and oxygen atoms in total. The first-order valence-electron chi connectivity index (χ1n) is 7.79. The third kappa shape index (κ3) is 3.59. The molecule has 1 aliphatic heterocycles. The second-order valence-corrected chi connectivity index (χ2v) is 6.07. The minimum absolute atomic E-state index is 0.0698. The van der Waals surface area contributed by atoms with Gasteiger partial charge in [0.05, 0.1) is 0 Å². The first-order valence-corrected chi connectivity index (χ1v) is 7.79. The Balaban J connectivity index is 1.73. The van der Waals surface area contributed by atoms with Crippen molar-refractivity contribution in [1.29, 1.82) is 0 Å². The lowest BCUT2D eigenvalue weighted by atomic mass is 10.2. The standard InChI is InChI=1S/C14H20F3N7/c1-10(23-5-3-22(2)4-6-23)8-18-12-7-11(14(15,16)17)21-13-19-9-20-24(12)13/h7,9-10,18H,3-6,8H2,1-2H3. The molecule has 0 amide bonds. The minimum atomic E-state index is -4.52. The summed E-state index contributed by atoms with van der Waals surface area (Å²) in [5, 5.41) is 6.99. The van der Waals surface area contributed by atoms with E-state index < -0.39 is 11.9 Å². The quantitative estimate of drug-likeness (QED) is 0.900. The molecule has 24 heavy (non-hydrogen) atoms. The van der Waals surface area contributed by atoms with Gasteiger partial charge in [0.1, 0.15) is 12.1 Å². The molecule has 0 spiro atoms. The summed E-state index contributed by atoms with van der Waals surface area (Å²) in [6, 6.07) is 1.16. The number of fused-ring (bicyclic) bond motifs is 1. The van der Waals surface area contributed by atoms with Crippen LogP contribution in [-0.4, -0.2) is 75.2 Å².